The van der Waals surface area contributed by atoms with Gasteiger partial charge in [-0.1, -0.05) is 0 Å². The lowest BCUT2D eigenvalue weighted by atomic mass is 10.4. The number of carbonyl (C=O) groups excluding carboxylic acids is 1. The van der Waals surface area contributed by atoms with Crippen LogP contribution in [0, 0.1) is 0 Å². The molecule has 0 bridgehead atoms. The molecule has 1 aromatic rings. The van der Waals surface area contributed by atoms with Crippen molar-refractivity contribution < 1.29 is 13.2 Å². The van der Waals surface area contributed by atoms with Crippen molar-refractivity contribution >= 4 is 39.0 Å². The van der Waals surface area contributed by atoms with E-state index in [1.807, 2.05) is 0 Å². The van der Waals surface area contributed by atoms with Crippen LogP contribution < -0.4 is 11.1 Å². The Morgan fingerprint density at radius 3 is 2.76 bits per heavy atom. The highest BCUT2D eigenvalue weighted by molar-refractivity contribution is 7.99. The maximum absolute atomic E-state index is 12.1. The van der Waals surface area contributed by atoms with Gasteiger partial charge in [0.1, 0.15) is 10.7 Å². The Balaban J connectivity index is 1.81. The van der Waals surface area contributed by atoms with Gasteiger partial charge in [0.15, 0.2) is 0 Å². The van der Waals surface area contributed by atoms with Crippen LogP contribution in [0.25, 0.3) is 0 Å². The first kappa shape index (κ1) is 16.7. The number of hydrogen-bond donors (Lipinski definition) is 2. The minimum Gasteiger partial charge on any atom is -0.350 e. The molecule has 0 atom stereocenters. The lowest BCUT2D eigenvalue weighted by Gasteiger charge is -2.25. The molecule has 1 saturated heterocycles. The molecule has 0 aliphatic carbocycles. The van der Waals surface area contributed by atoms with Crippen LogP contribution in [0.4, 0.5) is 0 Å². The van der Waals surface area contributed by atoms with E-state index in [1.54, 1.807) is 17.1 Å². The Labute approximate surface area is 132 Å². The maximum Gasteiger partial charge on any atom is 0.270 e. The van der Waals surface area contributed by atoms with Gasteiger partial charge >= 0.3 is 0 Å². The van der Waals surface area contributed by atoms with E-state index in [1.165, 1.54) is 15.6 Å². The Hall–Kier alpha value is -0.680. The van der Waals surface area contributed by atoms with E-state index in [0.717, 1.165) is 11.5 Å². The summed E-state index contributed by atoms with van der Waals surface area (Å²) < 4.78 is 25.7. The van der Waals surface area contributed by atoms with Crippen LogP contribution in [0.5, 0.6) is 0 Å². The van der Waals surface area contributed by atoms with Crippen LogP contribution >= 0.6 is 23.1 Å². The summed E-state index contributed by atoms with van der Waals surface area (Å²) in [6, 6.07) is 0. The molecule has 2 heterocycles. The highest BCUT2D eigenvalue weighted by Gasteiger charge is 2.24. The zero-order valence-corrected chi connectivity index (χ0v) is 13.9. The highest BCUT2D eigenvalue weighted by atomic mass is 32.2. The molecule has 10 heteroatoms. The quantitative estimate of drug-likeness (QED) is 0.730. The van der Waals surface area contributed by atoms with Gasteiger partial charge in [-0.15, -0.1) is 11.3 Å². The second-order valence-electron chi connectivity index (χ2n) is 4.41. The summed E-state index contributed by atoms with van der Waals surface area (Å²) in [4.78, 5) is 15.9. The van der Waals surface area contributed by atoms with Crippen LogP contribution in [0.2, 0.25) is 0 Å². The number of thioether (sulfide) groups is 1. The number of hydrogen-bond acceptors (Lipinski definition) is 7. The molecule has 21 heavy (non-hydrogen) atoms. The summed E-state index contributed by atoms with van der Waals surface area (Å²) in [5.41, 5.74) is 5.72. The lowest BCUT2D eigenvalue weighted by molar-refractivity contribution is 0.0951. The van der Waals surface area contributed by atoms with Crippen molar-refractivity contribution in [1.29, 1.82) is 0 Å². The van der Waals surface area contributed by atoms with E-state index in [2.05, 4.69) is 10.3 Å². The Bertz CT molecular complexity index is 581. The van der Waals surface area contributed by atoms with E-state index in [-0.39, 0.29) is 23.9 Å². The normalized spacial score (nSPS) is 16.8. The van der Waals surface area contributed by atoms with E-state index < -0.39 is 10.0 Å². The molecule has 118 valence electrons. The molecule has 3 N–H and O–H groups in total. The van der Waals surface area contributed by atoms with E-state index >= 15 is 0 Å². The molecule has 0 spiro atoms. The van der Waals surface area contributed by atoms with Crippen LogP contribution in [0.3, 0.4) is 0 Å². The molecular weight excluding hydrogens is 332 g/mol. The van der Waals surface area contributed by atoms with Crippen molar-refractivity contribution in [2.24, 2.45) is 5.73 Å². The standard InChI is InChI=1S/C11H18N4O3S3/c12-7-10-14-9(8-20-10)11(16)13-1-6-21(17,18)15-2-4-19-5-3-15/h8H,1-7,12H2,(H,13,16). The zero-order chi connectivity index (χ0) is 15.3. The third kappa shape index (κ3) is 4.65. The summed E-state index contributed by atoms with van der Waals surface area (Å²) in [6.45, 7) is 1.47. The molecule has 0 saturated carbocycles. The fourth-order valence-corrected chi connectivity index (χ4v) is 4.99. The van der Waals surface area contributed by atoms with Crippen LogP contribution in [-0.4, -0.2) is 60.5 Å². The molecule has 7 nitrogen and oxygen atoms in total. The minimum absolute atomic E-state index is 0.0836. The molecule has 1 amide bonds. The average Bonchev–Trinajstić information content (AvgIpc) is 2.97. The molecule has 2 rings (SSSR count). The summed E-state index contributed by atoms with van der Waals surface area (Å²) >= 11 is 3.07. The Morgan fingerprint density at radius 1 is 1.43 bits per heavy atom. The molecule has 1 aliphatic heterocycles. The largest absolute Gasteiger partial charge is 0.350 e. The summed E-state index contributed by atoms with van der Waals surface area (Å²) in [7, 11) is -3.29. The number of nitrogens with two attached hydrogens (primary N) is 1. The van der Waals surface area contributed by atoms with Crippen LogP contribution in [0.1, 0.15) is 15.5 Å². The number of sulfonamides is 1. The minimum atomic E-state index is -3.29. The van der Waals surface area contributed by atoms with E-state index in [0.29, 0.717) is 24.6 Å². The van der Waals surface area contributed by atoms with Gasteiger partial charge in [-0.25, -0.2) is 17.7 Å². The van der Waals surface area contributed by atoms with Gasteiger partial charge in [-0.2, -0.15) is 11.8 Å². The topological polar surface area (TPSA) is 105 Å². The third-order valence-corrected chi connectivity index (χ3v) is 6.65. The first-order valence-electron chi connectivity index (χ1n) is 6.51. The summed E-state index contributed by atoms with van der Waals surface area (Å²) in [5.74, 6) is 1.20. The zero-order valence-electron chi connectivity index (χ0n) is 11.4. The molecule has 0 unspecified atom stereocenters. The monoisotopic (exact) mass is 350 g/mol. The maximum atomic E-state index is 12.1. The smallest absolute Gasteiger partial charge is 0.270 e. The third-order valence-electron chi connectivity index (χ3n) is 2.97. The van der Waals surface area contributed by atoms with Crippen molar-refractivity contribution in [1.82, 2.24) is 14.6 Å². The van der Waals surface area contributed by atoms with Gasteiger partial charge < -0.3 is 11.1 Å². The molecule has 1 aliphatic rings. The molecule has 1 aromatic heterocycles. The number of thiazole rings is 1. The Kier molecular flexibility index (Phi) is 5.99. The number of nitrogens with one attached hydrogen (secondary N) is 1. The van der Waals surface area contributed by atoms with Gasteiger partial charge in [0, 0.05) is 43.1 Å². The first-order chi connectivity index (χ1) is 10.0. The van der Waals surface area contributed by atoms with Crippen molar-refractivity contribution in [3.05, 3.63) is 16.1 Å². The Morgan fingerprint density at radius 2 is 2.14 bits per heavy atom. The fraction of sp³-hybridized carbons (Fsp3) is 0.636. The molecule has 0 aromatic carbocycles. The first-order valence-corrected chi connectivity index (χ1v) is 10.2. The molecule has 0 radical (unpaired) electrons. The molecular formula is C11H18N4O3S3. The predicted octanol–water partition coefficient (Wildman–Crippen LogP) is -0.290. The van der Waals surface area contributed by atoms with Crippen molar-refractivity contribution in [2.45, 2.75) is 6.54 Å². The average molecular weight is 350 g/mol. The number of amides is 1. The van der Waals surface area contributed by atoms with Crippen molar-refractivity contribution in [3.63, 3.8) is 0 Å². The predicted molar refractivity (Wildman–Crippen MR) is 85.0 cm³/mol. The second kappa shape index (κ2) is 7.54. The van der Waals surface area contributed by atoms with Gasteiger partial charge in [0.2, 0.25) is 10.0 Å². The van der Waals surface area contributed by atoms with Crippen molar-refractivity contribution in [3.8, 4) is 0 Å². The number of nitrogens with zero attached hydrogens (tertiary/aromatic N) is 2. The van der Waals surface area contributed by atoms with Gasteiger partial charge in [-0.3, -0.25) is 4.79 Å². The SMILES string of the molecule is NCc1nc(C(=O)NCCS(=O)(=O)N2CCSCC2)cs1. The van der Waals surface area contributed by atoms with Gasteiger partial charge in [0.05, 0.1) is 5.75 Å². The second-order valence-corrected chi connectivity index (χ2v) is 8.67. The summed E-state index contributed by atoms with van der Waals surface area (Å²) in [6.07, 6.45) is 0. The van der Waals surface area contributed by atoms with Crippen LogP contribution in [-0.2, 0) is 16.6 Å². The lowest BCUT2D eigenvalue weighted by Crippen LogP contribution is -2.41. The highest BCUT2D eigenvalue weighted by Crippen LogP contribution is 2.13. The van der Waals surface area contributed by atoms with E-state index in [9.17, 15) is 13.2 Å². The van der Waals surface area contributed by atoms with Crippen LogP contribution in [0.15, 0.2) is 5.38 Å². The molecule has 1 fully saturated rings. The number of aromatic nitrogens is 1. The van der Waals surface area contributed by atoms with Crippen molar-refractivity contribution in [2.75, 3.05) is 36.9 Å². The fourth-order valence-electron chi connectivity index (χ4n) is 1.85. The summed E-state index contributed by atoms with van der Waals surface area (Å²) in [5, 5.41) is 4.88. The van der Waals surface area contributed by atoms with Gasteiger partial charge in [-0.05, 0) is 0 Å². The van der Waals surface area contributed by atoms with Gasteiger partial charge in [0.25, 0.3) is 5.91 Å². The number of carbonyl (C=O) groups is 1. The van der Waals surface area contributed by atoms with E-state index in [4.69, 9.17) is 5.73 Å². The number of rotatable bonds is 6.